The molecule has 124 valence electrons. The zero-order valence-electron chi connectivity index (χ0n) is 13.9. The van der Waals surface area contributed by atoms with E-state index in [1.807, 2.05) is 42.2 Å². The Kier molecular flexibility index (Phi) is 6.00. The van der Waals surface area contributed by atoms with Crippen LogP contribution >= 0.6 is 0 Å². The van der Waals surface area contributed by atoms with Gasteiger partial charge in [0.1, 0.15) is 0 Å². The smallest absolute Gasteiger partial charge is 0.318 e. The topological polar surface area (TPSA) is 65.4 Å². The van der Waals surface area contributed by atoms with Crippen LogP contribution in [0.3, 0.4) is 0 Å². The second kappa shape index (κ2) is 7.98. The molecule has 1 aromatic carbocycles. The number of hydrogen-bond acceptors (Lipinski definition) is 3. The first-order chi connectivity index (χ1) is 11.1. The molecule has 0 aliphatic carbocycles. The second-order valence-corrected chi connectivity index (χ2v) is 6.18. The molecule has 5 heteroatoms. The van der Waals surface area contributed by atoms with E-state index in [1.54, 1.807) is 0 Å². The predicted octanol–water partition coefficient (Wildman–Crippen LogP) is 3.24. The lowest BCUT2D eigenvalue weighted by atomic mass is 10.0. The van der Waals surface area contributed by atoms with E-state index in [0.29, 0.717) is 32.5 Å². The zero-order valence-corrected chi connectivity index (χ0v) is 13.9. The van der Waals surface area contributed by atoms with Crippen molar-refractivity contribution in [2.45, 2.75) is 44.8 Å². The molecule has 1 aromatic rings. The van der Waals surface area contributed by atoms with E-state index in [4.69, 9.17) is 10.00 Å². The summed E-state index contributed by atoms with van der Waals surface area (Å²) in [4.78, 5) is 14.4. The van der Waals surface area contributed by atoms with Crippen LogP contribution in [-0.4, -0.2) is 36.2 Å². The molecule has 2 atom stereocenters. The Labute approximate surface area is 138 Å². The SMILES string of the molecule is CC[C@]1(C)CN(C(=O)N[C@@H](CCC#N)c2ccccc2)CCO1. The maximum Gasteiger partial charge on any atom is 0.318 e. The minimum Gasteiger partial charge on any atom is -0.372 e. The average Bonchev–Trinajstić information content (AvgIpc) is 2.59. The normalized spacial score (nSPS) is 22.2. The number of amides is 2. The monoisotopic (exact) mass is 315 g/mol. The number of benzene rings is 1. The van der Waals surface area contributed by atoms with Crippen LogP contribution in [0.25, 0.3) is 0 Å². The van der Waals surface area contributed by atoms with Gasteiger partial charge in [-0.2, -0.15) is 5.26 Å². The van der Waals surface area contributed by atoms with Gasteiger partial charge in [0.2, 0.25) is 0 Å². The third-order valence-corrected chi connectivity index (χ3v) is 4.42. The van der Waals surface area contributed by atoms with Crippen LogP contribution in [-0.2, 0) is 4.74 Å². The van der Waals surface area contributed by atoms with E-state index in [2.05, 4.69) is 18.3 Å². The number of ether oxygens (including phenoxy) is 1. The lowest BCUT2D eigenvalue weighted by Gasteiger charge is -2.40. The number of nitrogens with zero attached hydrogens (tertiary/aromatic N) is 2. The Hall–Kier alpha value is -2.06. The summed E-state index contributed by atoms with van der Waals surface area (Å²) in [7, 11) is 0. The van der Waals surface area contributed by atoms with Gasteiger partial charge in [-0.15, -0.1) is 0 Å². The molecule has 1 saturated heterocycles. The summed E-state index contributed by atoms with van der Waals surface area (Å²) in [6.07, 6.45) is 1.89. The zero-order chi connectivity index (χ0) is 16.7. The Balaban J connectivity index is 2.04. The van der Waals surface area contributed by atoms with Gasteiger partial charge in [-0.3, -0.25) is 0 Å². The van der Waals surface area contributed by atoms with Crippen molar-refractivity contribution in [2.75, 3.05) is 19.7 Å². The number of nitriles is 1. The van der Waals surface area contributed by atoms with Crippen molar-refractivity contribution in [3.8, 4) is 6.07 Å². The van der Waals surface area contributed by atoms with E-state index >= 15 is 0 Å². The molecule has 2 amide bonds. The van der Waals surface area contributed by atoms with Gasteiger partial charge in [0, 0.05) is 13.0 Å². The molecule has 2 rings (SSSR count). The molecule has 5 nitrogen and oxygen atoms in total. The number of rotatable bonds is 5. The van der Waals surface area contributed by atoms with Crippen LogP contribution in [0, 0.1) is 11.3 Å². The molecule has 0 bridgehead atoms. The number of carbonyl (C=O) groups is 1. The van der Waals surface area contributed by atoms with Crippen LogP contribution < -0.4 is 5.32 Å². The summed E-state index contributed by atoms with van der Waals surface area (Å²) >= 11 is 0. The quantitative estimate of drug-likeness (QED) is 0.907. The number of nitrogens with one attached hydrogen (secondary N) is 1. The Morgan fingerprint density at radius 3 is 2.87 bits per heavy atom. The molecule has 1 N–H and O–H groups in total. The van der Waals surface area contributed by atoms with Crippen molar-refractivity contribution in [3.63, 3.8) is 0 Å². The van der Waals surface area contributed by atoms with Gasteiger partial charge in [0.25, 0.3) is 0 Å². The fraction of sp³-hybridized carbons (Fsp3) is 0.556. The average molecular weight is 315 g/mol. The van der Waals surface area contributed by atoms with Crippen LogP contribution in [0.15, 0.2) is 30.3 Å². The van der Waals surface area contributed by atoms with Crippen LogP contribution in [0.1, 0.15) is 44.7 Å². The van der Waals surface area contributed by atoms with Crippen molar-refractivity contribution in [2.24, 2.45) is 0 Å². The van der Waals surface area contributed by atoms with Crippen molar-refractivity contribution < 1.29 is 9.53 Å². The molecule has 23 heavy (non-hydrogen) atoms. The van der Waals surface area contributed by atoms with Crippen LogP contribution in [0.5, 0.6) is 0 Å². The van der Waals surface area contributed by atoms with E-state index in [-0.39, 0.29) is 17.7 Å². The summed E-state index contributed by atoms with van der Waals surface area (Å²) in [5.41, 5.74) is 0.757. The van der Waals surface area contributed by atoms with E-state index in [0.717, 1.165) is 12.0 Å². The Morgan fingerprint density at radius 2 is 2.22 bits per heavy atom. The maximum absolute atomic E-state index is 12.6. The number of carbonyl (C=O) groups excluding carboxylic acids is 1. The minimum absolute atomic E-state index is 0.0835. The molecular weight excluding hydrogens is 290 g/mol. The molecular formula is C18H25N3O2. The van der Waals surface area contributed by atoms with Gasteiger partial charge in [-0.1, -0.05) is 37.3 Å². The van der Waals surface area contributed by atoms with Crippen molar-refractivity contribution in [1.82, 2.24) is 10.2 Å². The molecule has 0 unspecified atom stereocenters. The fourth-order valence-corrected chi connectivity index (χ4v) is 2.77. The summed E-state index contributed by atoms with van der Waals surface area (Å²) in [6, 6.07) is 11.7. The molecule has 0 radical (unpaired) electrons. The number of urea groups is 1. The van der Waals surface area contributed by atoms with Crippen molar-refractivity contribution in [1.29, 1.82) is 5.26 Å². The third-order valence-electron chi connectivity index (χ3n) is 4.42. The first-order valence-electron chi connectivity index (χ1n) is 8.19. The van der Waals surface area contributed by atoms with Crippen molar-refractivity contribution >= 4 is 6.03 Å². The lowest BCUT2D eigenvalue weighted by molar-refractivity contribution is -0.0874. The summed E-state index contributed by atoms with van der Waals surface area (Å²) in [6.45, 7) is 5.86. The molecule has 0 aromatic heterocycles. The molecule has 1 aliphatic rings. The molecule has 1 aliphatic heterocycles. The minimum atomic E-state index is -0.273. The fourth-order valence-electron chi connectivity index (χ4n) is 2.77. The van der Waals surface area contributed by atoms with E-state index in [1.165, 1.54) is 0 Å². The van der Waals surface area contributed by atoms with Crippen LogP contribution in [0.4, 0.5) is 4.79 Å². The highest BCUT2D eigenvalue weighted by Gasteiger charge is 2.33. The van der Waals surface area contributed by atoms with Crippen LogP contribution in [0.2, 0.25) is 0 Å². The standard InChI is InChI=1S/C18H25N3O2/c1-3-18(2)14-21(12-13-23-18)17(22)20-16(10-7-11-19)15-8-5-4-6-9-15/h4-6,8-9,16H,3,7,10,12-14H2,1-2H3,(H,20,22)/t16-,18+/m0/s1. The molecule has 1 heterocycles. The Bertz CT molecular complexity index is 555. The third kappa shape index (κ3) is 4.70. The Morgan fingerprint density at radius 1 is 1.48 bits per heavy atom. The van der Waals surface area contributed by atoms with Gasteiger partial charge in [-0.25, -0.2) is 4.79 Å². The lowest BCUT2D eigenvalue weighted by Crippen LogP contribution is -2.54. The van der Waals surface area contributed by atoms with Crippen molar-refractivity contribution in [3.05, 3.63) is 35.9 Å². The summed E-state index contributed by atoms with van der Waals surface area (Å²) in [5, 5.41) is 11.9. The highest BCUT2D eigenvalue weighted by molar-refractivity contribution is 5.75. The van der Waals surface area contributed by atoms with Gasteiger partial charge in [0.15, 0.2) is 0 Å². The van der Waals surface area contributed by atoms with Gasteiger partial charge >= 0.3 is 6.03 Å². The largest absolute Gasteiger partial charge is 0.372 e. The predicted molar refractivity (Wildman–Crippen MR) is 88.8 cm³/mol. The van der Waals surface area contributed by atoms with Gasteiger partial charge in [0.05, 0.1) is 30.9 Å². The second-order valence-electron chi connectivity index (χ2n) is 6.18. The van der Waals surface area contributed by atoms with E-state index < -0.39 is 0 Å². The van der Waals surface area contributed by atoms with Gasteiger partial charge in [-0.05, 0) is 25.3 Å². The molecule has 1 fully saturated rings. The van der Waals surface area contributed by atoms with E-state index in [9.17, 15) is 4.79 Å². The highest BCUT2D eigenvalue weighted by Crippen LogP contribution is 2.23. The summed E-state index contributed by atoms with van der Waals surface area (Å²) in [5.74, 6) is 0. The van der Waals surface area contributed by atoms with Gasteiger partial charge < -0.3 is 15.0 Å². The molecule has 0 saturated carbocycles. The summed E-state index contributed by atoms with van der Waals surface area (Å²) < 4.78 is 5.78. The number of hydrogen-bond donors (Lipinski definition) is 1. The number of morpholine rings is 1. The first-order valence-corrected chi connectivity index (χ1v) is 8.19. The first kappa shape index (κ1) is 17.3. The molecule has 0 spiro atoms. The highest BCUT2D eigenvalue weighted by atomic mass is 16.5. The maximum atomic E-state index is 12.6.